The van der Waals surface area contributed by atoms with E-state index in [0.29, 0.717) is 19.5 Å². The van der Waals surface area contributed by atoms with Crippen molar-refractivity contribution in [2.24, 2.45) is 0 Å². The fraction of sp³-hybridized carbons (Fsp3) is 0.310. The summed E-state index contributed by atoms with van der Waals surface area (Å²) in [5.41, 5.74) is 5.20. The number of aryl methyl sites for hydroxylation is 2. The molecule has 3 aromatic rings. The third-order valence-corrected chi connectivity index (χ3v) is 6.40. The zero-order chi connectivity index (χ0) is 24.5. The molecular formula is C29H33BrN2O2. The number of hydrogen-bond acceptors (Lipinski definition) is 2. The lowest BCUT2D eigenvalue weighted by molar-refractivity contribution is -0.140. The Balaban J connectivity index is 1.98. The number of nitrogens with one attached hydrogen (secondary N) is 1. The van der Waals surface area contributed by atoms with Crippen molar-refractivity contribution in [1.82, 2.24) is 10.2 Å². The van der Waals surface area contributed by atoms with E-state index in [1.54, 1.807) is 4.90 Å². The molecule has 5 heteroatoms. The molecule has 0 aliphatic rings. The topological polar surface area (TPSA) is 49.4 Å². The van der Waals surface area contributed by atoms with Crippen LogP contribution in [0, 0.1) is 13.8 Å². The Morgan fingerprint density at radius 2 is 1.68 bits per heavy atom. The van der Waals surface area contributed by atoms with E-state index in [0.717, 1.165) is 38.7 Å². The summed E-state index contributed by atoms with van der Waals surface area (Å²) in [6.07, 6.45) is 1.56. The van der Waals surface area contributed by atoms with Crippen LogP contribution in [0.4, 0.5) is 0 Å². The van der Waals surface area contributed by atoms with Gasteiger partial charge in [-0.2, -0.15) is 0 Å². The number of halogens is 1. The Hall–Kier alpha value is -2.92. The molecule has 0 saturated heterocycles. The van der Waals surface area contributed by atoms with E-state index in [4.69, 9.17) is 0 Å². The molecule has 0 aliphatic heterocycles. The Kier molecular flexibility index (Phi) is 9.46. The van der Waals surface area contributed by atoms with Crippen molar-refractivity contribution < 1.29 is 9.59 Å². The van der Waals surface area contributed by atoms with E-state index in [-0.39, 0.29) is 18.2 Å². The fourth-order valence-electron chi connectivity index (χ4n) is 4.01. The molecule has 0 saturated carbocycles. The van der Waals surface area contributed by atoms with E-state index < -0.39 is 6.04 Å². The molecule has 0 aliphatic carbocycles. The second-order valence-corrected chi connectivity index (χ2v) is 9.67. The van der Waals surface area contributed by atoms with Crippen LogP contribution in [0.3, 0.4) is 0 Å². The first-order valence-electron chi connectivity index (χ1n) is 11.8. The molecule has 0 bridgehead atoms. The van der Waals surface area contributed by atoms with Crippen LogP contribution in [-0.2, 0) is 29.0 Å². The second-order valence-electron chi connectivity index (χ2n) is 8.75. The number of nitrogens with zero attached hydrogens (tertiary/aromatic N) is 1. The van der Waals surface area contributed by atoms with Gasteiger partial charge in [-0.15, -0.1) is 0 Å². The summed E-state index contributed by atoms with van der Waals surface area (Å²) in [6.45, 7) is 7.02. The standard InChI is InChI=1S/C29H33BrN2O2/c1-4-15-31-29(34)27(18-23-9-6-5-7-10-23)32(20-24-11-8-12-26(30)17-24)28(33)19-25-16-21(2)13-14-22(25)3/h5-14,16-17,27H,4,15,18-20H2,1-3H3,(H,31,34). The van der Waals surface area contributed by atoms with E-state index >= 15 is 0 Å². The van der Waals surface area contributed by atoms with Crippen LogP contribution in [0.5, 0.6) is 0 Å². The van der Waals surface area contributed by atoms with Crippen molar-refractivity contribution in [1.29, 1.82) is 0 Å². The molecule has 0 aromatic heterocycles. The average molecular weight is 521 g/mol. The van der Waals surface area contributed by atoms with Gasteiger partial charge in [-0.1, -0.05) is 89.1 Å². The lowest BCUT2D eigenvalue weighted by atomic mass is 9.99. The van der Waals surface area contributed by atoms with Gasteiger partial charge in [0.2, 0.25) is 11.8 Å². The highest BCUT2D eigenvalue weighted by Crippen LogP contribution is 2.20. The predicted molar refractivity (Wildman–Crippen MR) is 142 cm³/mol. The zero-order valence-corrected chi connectivity index (χ0v) is 21.8. The van der Waals surface area contributed by atoms with E-state index in [9.17, 15) is 9.59 Å². The first kappa shape index (κ1) is 25.7. The van der Waals surface area contributed by atoms with E-state index in [2.05, 4.69) is 33.4 Å². The van der Waals surface area contributed by atoms with E-state index in [1.165, 1.54) is 0 Å². The molecule has 178 valence electrons. The van der Waals surface area contributed by atoms with Crippen LogP contribution >= 0.6 is 15.9 Å². The lowest BCUT2D eigenvalue weighted by Gasteiger charge is -2.32. The summed E-state index contributed by atoms with van der Waals surface area (Å²) in [5.74, 6) is -0.170. The largest absolute Gasteiger partial charge is 0.354 e. The summed E-state index contributed by atoms with van der Waals surface area (Å²) in [6, 6.07) is 23.4. The maximum atomic E-state index is 13.8. The second kappa shape index (κ2) is 12.5. The van der Waals surface area contributed by atoms with E-state index in [1.807, 2.05) is 81.4 Å². The number of amides is 2. The van der Waals surface area contributed by atoms with Gasteiger partial charge in [0.15, 0.2) is 0 Å². The molecule has 2 amide bonds. The SMILES string of the molecule is CCCNC(=O)C(Cc1ccccc1)N(Cc1cccc(Br)c1)C(=O)Cc1cc(C)ccc1C. The Morgan fingerprint density at radius 1 is 0.941 bits per heavy atom. The average Bonchev–Trinajstić information content (AvgIpc) is 2.82. The summed E-state index contributed by atoms with van der Waals surface area (Å²) >= 11 is 3.53. The minimum Gasteiger partial charge on any atom is -0.354 e. The van der Waals surface area contributed by atoms with Gasteiger partial charge in [0, 0.05) is 24.0 Å². The first-order valence-corrected chi connectivity index (χ1v) is 12.6. The van der Waals surface area contributed by atoms with Crippen LogP contribution in [0.25, 0.3) is 0 Å². The summed E-state index contributed by atoms with van der Waals surface area (Å²) < 4.78 is 0.946. The Bertz CT molecular complexity index is 1110. The molecule has 0 heterocycles. The molecule has 4 nitrogen and oxygen atoms in total. The quantitative estimate of drug-likeness (QED) is 0.368. The van der Waals surface area contributed by atoms with Crippen LogP contribution in [0.15, 0.2) is 77.3 Å². The Morgan fingerprint density at radius 3 is 2.38 bits per heavy atom. The van der Waals surface area contributed by atoms with Crippen LogP contribution in [0.1, 0.15) is 41.2 Å². The Labute approximate surface area is 211 Å². The van der Waals surface area contributed by atoms with Gasteiger partial charge < -0.3 is 10.2 Å². The molecule has 34 heavy (non-hydrogen) atoms. The molecule has 3 aromatic carbocycles. The lowest BCUT2D eigenvalue weighted by Crippen LogP contribution is -2.51. The van der Waals surface area contributed by atoms with Crippen molar-refractivity contribution in [2.75, 3.05) is 6.54 Å². The molecule has 1 atom stereocenters. The number of rotatable bonds is 10. The summed E-state index contributed by atoms with van der Waals surface area (Å²) in [4.78, 5) is 28.9. The van der Waals surface area contributed by atoms with Gasteiger partial charge in [0.05, 0.1) is 6.42 Å². The number of carbonyl (C=O) groups excluding carboxylic acids is 2. The molecule has 0 spiro atoms. The maximum Gasteiger partial charge on any atom is 0.243 e. The third kappa shape index (κ3) is 7.29. The van der Waals surface area contributed by atoms with Crippen LogP contribution in [0.2, 0.25) is 0 Å². The van der Waals surface area contributed by atoms with Gasteiger partial charge in [0.25, 0.3) is 0 Å². The normalized spacial score (nSPS) is 11.6. The smallest absolute Gasteiger partial charge is 0.243 e. The monoisotopic (exact) mass is 520 g/mol. The van der Waals surface area contributed by atoms with Crippen molar-refractivity contribution in [2.45, 2.75) is 52.6 Å². The van der Waals surface area contributed by atoms with Gasteiger partial charge >= 0.3 is 0 Å². The molecule has 1 N–H and O–H groups in total. The van der Waals surface area contributed by atoms with Crippen LogP contribution in [-0.4, -0.2) is 29.3 Å². The minimum atomic E-state index is -0.606. The zero-order valence-electron chi connectivity index (χ0n) is 20.2. The highest BCUT2D eigenvalue weighted by Gasteiger charge is 2.30. The summed E-state index contributed by atoms with van der Waals surface area (Å²) in [5, 5.41) is 3.03. The molecule has 0 radical (unpaired) electrons. The van der Waals surface area contributed by atoms with Crippen LogP contribution < -0.4 is 5.32 Å². The van der Waals surface area contributed by atoms with Crippen molar-refractivity contribution in [3.05, 3.63) is 105 Å². The van der Waals surface area contributed by atoms with Crippen molar-refractivity contribution in [3.8, 4) is 0 Å². The molecule has 3 rings (SSSR count). The molecule has 1 unspecified atom stereocenters. The molecule has 0 fully saturated rings. The third-order valence-electron chi connectivity index (χ3n) is 5.91. The van der Waals surface area contributed by atoms with Gasteiger partial charge in [-0.3, -0.25) is 9.59 Å². The fourth-order valence-corrected chi connectivity index (χ4v) is 4.45. The molecular weight excluding hydrogens is 488 g/mol. The van der Waals surface area contributed by atoms with Crippen molar-refractivity contribution >= 4 is 27.7 Å². The minimum absolute atomic E-state index is 0.0544. The number of hydrogen-bond donors (Lipinski definition) is 1. The number of carbonyl (C=O) groups is 2. The summed E-state index contributed by atoms with van der Waals surface area (Å²) in [7, 11) is 0. The highest BCUT2D eigenvalue weighted by molar-refractivity contribution is 9.10. The highest BCUT2D eigenvalue weighted by atomic mass is 79.9. The van der Waals surface area contributed by atoms with Gasteiger partial charge in [-0.05, 0) is 54.7 Å². The van der Waals surface area contributed by atoms with Gasteiger partial charge in [-0.25, -0.2) is 0 Å². The predicted octanol–water partition coefficient (Wildman–Crippen LogP) is 5.77. The van der Waals surface area contributed by atoms with Gasteiger partial charge in [0.1, 0.15) is 6.04 Å². The number of benzene rings is 3. The maximum absolute atomic E-state index is 13.8. The van der Waals surface area contributed by atoms with Crippen molar-refractivity contribution in [3.63, 3.8) is 0 Å². The first-order chi connectivity index (χ1) is 16.4.